The summed E-state index contributed by atoms with van der Waals surface area (Å²) in [6.45, 7) is 6.88. The summed E-state index contributed by atoms with van der Waals surface area (Å²) in [5.41, 5.74) is 0. The first-order valence-corrected chi connectivity index (χ1v) is 6.24. The average Bonchev–Trinajstić information content (AvgIpc) is 2.69. The SMILES string of the molecule is CCN(C(=O)[C@@H]1CCCN1)C(C)CN(C)C. The van der Waals surface area contributed by atoms with Gasteiger partial charge in [0.15, 0.2) is 0 Å². The summed E-state index contributed by atoms with van der Waals surface area (Å²) in [6.07, 6.45) is 2.11. The summed E-state index contributed by atoms with van der Waals surface area (Å²) in [7, 11) is 4.09. The quantitative estimate of drug-likeness (QED) is 0.744. The molecule has 1 aliphatic heterocycles. The maximum Gasteiger partial charge on any atom is 0.239 e. The minimum Gasteiger partial charge on any atom is -0.338 e. The van der Waals surface area contributed by atoms with Crippen LogP contribution in [0.25, 0.3) is 0 Å². The van der Waals surface area contributed by atoms with E-state index < -0.39 is 0 Å². The Bertz CT molecular complexity index is 224. The van der Waals surface area contributed by atoms with Gasteiger partial charge in [-0.1, -0.05) is 0 Å². The summed E-state index contributed by atoms with van der Waals surface area (Å²) in [4.78, 5) is 16.4. The lowest BCUT2D eigenvalue weighted by Gasteiger charge is -2.32. The minimum absolute atomic E-state index is 0.0598. The van der Waals surface area contributed by atoms with Crippen LogP contribution in [0, 0.1) is 0 Å². The summed E-state index contributed by atoms with van der Waals surface area (Å²) in [5.74, 6) is 0.273. The van der Waals surface area contributed by atoms with Crippen molar-refractivity contribution in [2.45, 2.75) is 38.8 Å². The molecule has 4 nitrogen and oxygen atoms in total. The van der Waals surface area contributed by atoms with Crippen LogP contribution in [0.1, 0.15) is 26.7 Å². The van der Waals surface area contributed by atoms with Gasteiger partial charge in [0.25, 0.3) is 0 Å². The molecule has 2 atom stereocenters. The van der Waals surface area contributed by atoms with E-state index in [0.717, 1.165) is 32.5 Å². The first-order valence-electron chi connectivity index (χ1n) is 6.24. The second kappa shape index (κ2) is 6.21. The third-order valence-corrected chi connectivity index (χ3v) is 3.14. The van der Waals surface area contributed by atoms with Gasteiger partial charge in [-0.05, 0) is 47.3 Å². The number of amides is 1. The molecular weight excluding hydrogens is 202 g/mol. The first-order chi connectivity index (χ1) is 7.56. The molecule has 1 aliphatic rings. The molecule has 1 N–H and O–H groups in total. The number of nitrogens with one attached hydrogen (secondary N) is 1. The maximum atomic E-state index is 12.2. The van der Waals surface area contributed by atoms with Crippen LogP contribution in [-0.2, 0) is 4.79 Å². The Morgan fingerprint density at radius 2 is 2.19 bits per heavy atom. The van der Waals surface area contributed by atoms with Crippen molar-refractivity contribution in [3.63, 3.8) is 0 Å². The zero-order valence-corrected chi connectivity index (χ0v) is 11.0. The molecule has 1 fully saturated rings. The Morgan fingerprint density at radius 1 is 1.50 bits per heavy atom. The minimum atomic E-state index is 0.0598. The van der Waals surface area contributed by atoms with Gasteiger partial charge in [0.2, 0.25) is 5.91 Å². The van der Waals surface area contributed by atoms with Crippen molar-refractivity contribution in [3.05, 3.63) is 0 Å². The topological polar surface area (TPSA) is 35.6 Å². The highest BCUT2D eigenvalue weighted by atomic mass is 16.2. The second-order valence-electron chi connectivity index (χ2n) is 4.88. The van der Waals surface area contributed by atoms with Crippen LogP contribution >= 0.6 is 0 Å². The van der Waals surface area contributed by atoms with E-state index in [1.165, 1.54) is 0 Å². The van der Waals surface area contributed by atoms with Crippen LogP contribution in [0.4, 0.5) is 0 Å². The van der Waals surface area contributed by atoms with Crippen LogP contribution in [0.3, 0.4) is 0 Å². The normalized spacial score (nSPS) is 22.4. The van der Waals surface area contributed by atoms with E-state index in [0.29, 0.717) is 0 Å². The standard InChI is InChI=1S/C12H25N3O/c1-5-15(10(2)9-14(3)4)12(16)11-7-6-8-13-11/h10-11,13H,5-9H2,1-4H3/t10?,11-/m0/s1. The highest BCUT2D eigenvalue weighted by molar-refractivity contribution is 5.82. The molecule has 0 aromatic heterocycles. The largest absolute Gasteiger partial charge is 0.338 e. The molecule has 0 aromatic carbocycles. The van der Waals surface area contributed by atoms with Crippen molar-refractivity contribution >= 4 is 5.91 Å². The molecule has 0 bridgehead atoms. The predicted octanol–water partition coefficient (Wildman–Crippen LogP) is 0.537. The van der Waals surface area contributed by atoms with Gasteiger partial charge in [0, 0.05) is 19.1 Å². The van der Waals surface area contributed by atoms with Gasteiger partial charge < -0.3 is 15.1 Å². The molecule has 0 radical (unpaired) electrons. The molecule has 4 heteroatoms. The van der Waals surface area contributed by atoms with Gasteiger partial charge in [-0.2, -0.15) is 0 Å². The van der Waals surface area contributed by atoms with Gasteiger partial charge in [-0.25, -0.2) is 0 Å². The van der Waals surface area contributed by atoms with Crippen molar-refractivity contribution in [3.8, 4) is 0 Å². The average molecular weight is 227 g/mol. The van der Waals surface area contributed by atoms with E-state index in [1.54, 1.807) is 0 Å². The molecule has 1 heterocycles. The lowest BCUT2D eigenvalue weighted by Crippen LogP contribution is -2.50. The Kier molecular flexibility index (Phi) is 5.22. The second-order valence-corrected chi connectivity index (χ2v) is 4.88. The molecular formula is C12H25N3O. The molecule has 94 valence electrons. The van der Waals surface area contributed by atoms with E-state index in [2.05, 4.69) is 24.1 Å². The van der Waals surface area contributed by atoms with Gasteiger partial charge in [-0.3, -0.25) is 4.79 Å². The predicted molar refractivity (Wildman–Crippen MR) is 66.4 cm³/mol. The van der Waals surface area contributed by atoms with Gasteiger partial charge in [0.1, 0.15) is 0 Å². The van der Waals surface area contributed by atoms with Crippen LogP contribution < -0.4 is 5.32 Å². The van der Waals surface area contributed by atoms with Crippen LogP contribution in [0.15, 0.2) is 0 Å². The van der Waals surface area contributed by atoms with Crippen LogP contribution in [0.2, 0.25) is 0 Å². The Morgan fingerprint density at radius 3 is 2.62 bits per heavy atom. The van der Waals surface area contributed by atoms with Gasteiger partial charge >= 0.3 is 0 Å². The van der Waals surface area contributed by atoms with Gasteiger partial charge in [-0.15, -0.1) is 0 Å². The highest BCUT2D eigenvalue weighted by Crippen LogP contribution is 2.11. The molecule has 1 unspecified atom stereocenters. The van der Waals surface area contributed by atoms with E-state index >= 15 is 0 Å². The van der Waals surface area contributed by atoms with Crippen molar-refractivity contribution in [1.82, 2.24) is 15.1 Å². The Hall–Kier alpha value is -0.610. The third-order valence-electron chi connectivity index (χ3n) is 3.14. The zero-order valence-electron chi connectivity index (χ0n) is 11.0. The van der Waals surface area contributed by atoms with Crippen molar-refractivity contribution in [1.29, 1.82) is 0 Å². The zero-order chi connectivity index (χ0) is 12.1. The lowest BCUT2D eigenvalue weighted by molar-refractivity contribution is -0.135. The highest BCUT2D eigenvalue weighted by Gasteiger charge is 2.28. The number of carbonyl (C=O) groups is 1. The van der Waals surface area contributed by atoms with Crippen LogP contribution in [0.5, 0.6) is 0 Å². The number of hydrogen-bond acceptors (Lipinski definition) is 3. The van der Waals surface area contributed by atoms with Crippen molar-refractivity contribution in [2.75, 3.05) is 33.7 Å². The molecule has 1 amide bonds. The number of nitrogens with zero attached hydrogens (tertiary/aromatic N) is 2. The monoisotopic (exact) mass is 227 g/mol. The fourth-order valence-electron chi connectivity index (χ4n) is 2.41. The molecule has 0 spiro atoms. The van der Waals surface area contributed by atoms with Crippen molar-refractivity contribution in [2.24, 2.45) is 0 Å². The summed E-state index contributed by atoms with van der Waals surface area (Å²) in [5, 5.41) is 3.27. The smallest absolute Gasteiger partial charge is 0.239 e. The number of likely N-dealkylation sites (N-methyl/N-ethyl adjacent to an activating group) is 2. The summed E-state index contributed by atoms with van der Waals surface area (Å²) in [6, 6.07) is 0.347. The molecule has 0 saturated carbocycles. The van der Waals surface area contributed by atoms with E-state index in [1.807, 2.05) is 19.0 Å². The third kappa shape index (κ3) is 3.46. The lowest BCUT2D eigenvalue weighted by atomic mass is 10.1. The fraction of sp³-hybridized carbons (Fsp3) is 0.917. The molecule has 1 rings (SSSR count). The van der Waals surface area contributed by atoms with Crippen molar-refractivity contribution < 1.29 is 4.79 Å². The summed E-state index contributed by atoms with van der Waals surface area (Å²) >= 11 is 0. The molecule has 1 saturated heterocycles. The van der Waals surface area contributed by atoms with E-state index in [-0.39, 0.29) is 18.0 Å². The Labute approximate surface area is 99.0 Å². The van der Waals surface area contributed by atoms with E-state index in [4.69, 9.17) is 0 Å². The maximum absolute atomic E-state index is 12.2. The molecule has 0 aromatic rings. The molecule has 0 aliphatic carbocycles. The fourth-order valence-corrected chi connectivity index (χ4v) is 2.41. The first kappa shape index (κ1) is 13.5. The van der Waals surface area contributed by atoms with E-state index in [9.17, 15) is 4.79 Å². The summed E-state index contributed by atoms with van der Waals surface area (Å²) < 4.78 is 0. The number of rotatable bonds is 5. The number of hydrogen-bond donors (Lipinski definition) is 1. The number of carbonyl (C=O) groups excluding carboxylic acids is 1. The van der Waals surface area contributed by atoms with Gasteiger partial charge in [0.05, 0.1) is 6.04 Å². The van der Waals surface area contributed by atoms with Crippen LogP contribution in [-0.4, -0.2) is 61.5 Å². The Balaban J connectivity index is 2.54. The molecule has 16 heavy (non-hydrogen) atoms.